The van der Waals surface area contributed by atoms with Crippen molar-refractivity contribution in [3.05, 3.63) is 16.1 Å². The monoisotopic (exact) mass is 297 g/mol. The van der Waals surface area contributed by atoms with Crippen molar-refractivity contribution in [3.8, 4) is 0 Å². The molecule has 2 N–H and O–H groups in total. The summed E-state index contributed by atoms with van der Waals surface area (Å²) in [6.45, 7) is 4.75. The highest BCUT2D eigenvalue weighted by Gasteiger charge is 2.28. The minimum Gasteiger partial charge on any atom is -0.481 e. The van der Waals surface area contributed by atoms with E-state index in [0.717, 1.165) is 16.3 Å². The van der Waals surface area contributed by atoms with Crippen LogP contribution < -0.4 is 5.32 Å². The number of hydrogen-bond acceptors (Lipinski definition) is 4. The van der Waals surface area contributed by atoms with E-state index in [1.54, 1.807) is 22.4 Å². The zero-order valence-electron chi connectivity index (χ0n) is 11.6. The van der Waals surface area contributed by atoms with Gasteiger partial charge in [-0.2, -0.15) is 0 Å². The highest BCUT2D eigenvalue weighted by Crippen LogP contribution is 2.21. The Morgan fingerprint density at radius 1 is 1.60 bits per heavy atom. The average Bonchev–Trinajstić information content (AvgIpc) is 2.85. The van der Waals surface area contributed by atoms with Gasteiger partial charge in [-0.15, -0.1) is 11.3 Å². The fourth-order valence-corrected chi connectivity index (χ4v) is 3.05. The maximum absolute atomic E-state index is 12.2. The van der Waals surface area contributed by atoms with Gasteiger partial charge < -0.3 is 15.3 Å². The molecule has 2 rings (SSSR count). The molecule has 0 bridgehead atoms. The van der Waals surface area contributed by atoms with Gasteiger partial charge in [0.1, 0.15) is 5.01 Å². The first kappa shape index (κ1) is 14.8. The second-order valence-corrected chi connectivity index (χ2v) is 6.37. The molecule has 0 radical (unpaired) electrons. The molecule has 1 aliphatic heterocycles. The molecule has 20 heavy (non-hydrogen) atoms. The lowest BCUT2D eigenvalue weighted by atomic mass is 9.99. The molecule has 2 amide bonds. The predicted molar refractivity (Wildman–Crippen MR) is 75.7 cm³/mol. The first-order valence-corrected chi connectivity index (χ1v) is 7.49. The van der Waals surface area contributed by atoms with E-state index >= 15 is 0 Å². The van der Waals surface area contributed by atoms with Gasteiger partial charge in [0.15, 0.2) is 0 Å². The third kappa shape index (κ3) is 3.47. The van der Waals surface area contributed by atoms with Crippen molar-refractivity contribution in [1.29, 1.82) is 0 Å². The van der Waals surface area contributed by atoms with Crippen molar-refractivity contribution in [3.63, 3.8) is 0 Å². The third-order valence-electron chi connectivity index (χ3n) is 3.41. The molecule has 0 saturated carbocycles. The fourth-order valence-electron chi connectivity index (χ4n) is 2.27. The van der Waals surface area contributed by atoms with Gasteiger partial charge in [0.05, 0.1) is 12.0 Å². The van der Waals surface area contributed by atoms with Gasteiger partial charge in [0.25, 0.3) is 0 Å². The van der Waals surface area contributed by atoms with Crippen molar-refractivity contribution < 1.29 is 14.7 Å². The van der Waals surface area contributed by atoms with Crippen LogP contribution in [-0.2, 0) is 4.79 Å². The van der Waals surface area contributed by atoms with Gasteiger partial charge in [0, 0.05) is 24.2 Å². The minimum atomic E-state index is -0.828. The summed E-state index contributed by atoms with van der Waals surface area (Å²) in [4.78, 5) is 30.1. The highest BCUT2D eigenvalue weighted by molar-refractivity contribution is 7.11. The number of carboxylic acid groups (broad SMARTS) is 1. The molecule has 6 nitrogen and oxygen atoms in total. The Morgan fingerprint density at radius 2 is 2.35 bits per heavy atom. The van der Waals surface area contributed by atoms with Gasteiger partial charge in [-0.3, -0.25) is 4.79 Å². The number of likely N-dealkylation sites (tertiary alicyclic amines) is 1. The molecule has 1 aliphatic rings. The van der Waals surface area contributed by atoms with Crippen LogP contribution in [0.4, 0.5) is 4.79 Å². The number of amides is 2. The number of nitrogens with one attached hydrogen (secondary N) is 1. The quantitative estimate of drug-likeness (QED) is 0.894. The fraction of sp³-hybridized carbons (Fsp3) is 0.615. The Morgan fingerprint density at radius 3 is 2.95 bits per heavy atom. The Labute approximate surface area is 121 Å². The number of carboxylic acids is 1. The summed E-state index contributed by atoms with van der Waals surface area (Å²) >= 11 is 1.55. The largest absolute Gasteiger partial charge is 0.481 e. The Bertz CT molecular complexity index is 503. The molecule has 1 aromatic rings. The molecule has 1 saturated heterocycles. The molecule has 2 atom stereocenters. The molecular weight excluding hydrogens is 278 g/mol. The van der Waals surface area contributed by atoms with E-state index in [0.29, 0.717) is 13.0 Å². The molecule has 0 aliphatic carbocycles. The minimum absolute atomic E-state index is 0.161. The number of aliphatic carboxylic acids is 1. The number of piperidine rings is 1. The van der Waals surface area contributed by atoms with Crippen LogP contribution in [0, 0.1) is 12.8 Å². The second-order valence-electron chi connectivity index (χ2n) is 5.10. The van der Waals surface area contributed by atoms with Gasteiger partial charge >= 0.3 is 12.0 Å². The number of urea groups is 1. The number of hydrogen-bond donors (Lipinski definition) is 2. The maximum atomic E-state index is 12.2. The predicted octanol–water partition coefficient (Wildman–Crippen LogP) is 2.02. The number of aryl methyl sites for hydroxylation is 1. The molecular formula is C13H19N3O3S. The van der Waals surface area contributed by atoms with E-state index < -0.39 is 11.9 Å². The van der Waals surface area contributed by atoms with E-state index in [4.69, 9.17) is 5.11 Å². The summed E-state index contributed by atoms with van der Waals surface area (Å²) < 4.78 is 0. The number of aromatic nitrogens is 1. The maximum Gasteiger partial charge on any atom is 0.317 e. The third-order valence-corrected chi connectivity index (χ3v) is 4.50. The number of nitrogens with zero attached hydrogens (tertiary/aromatic N) is 2. The zero-order valence-corrected chi connectivity index (χ0v) is 12.4. The van der Waals surface area contributed by atoms with Crippen molar-refractivity contribution in [2.45, 2.75) is 32.7 Å². The van der Waals surface area contributed by atoms with Gasteiger partial charge in [0.2, 0.25) is 0 Å². The summed E-state index contributed by atoms with van der Waals surface area (Å²) in [6.07, 6.45) is 3.15. The van der Waals surface area contributed by atoms with Gasteiger partial charge in [-0.05, 0) is 26.7 Å². The SMILES string of the molecule is Cc1cnc(C(C)NC(=O)N2CCC[C@@H](C(=O)O)C2)s1. The van der Waals surface area contributed by atoms with Crippen LogP contribution in [0.1, 0.15) is 35.7 Å². The number of thiazole rings is 1. The van der Waals surface area contributed by atoms with Gasteiger partial charge in [-0.25, -0.2) is 9.78 Å². The Kier molecular flexibility index (Phi) is 4.59. The summed E-state index contributed by atoms with van der Waals surface area (Å²) in [6, 6.07) is -0.372. The molecule has 1 fully saturated rings. The summed E-state index contributed by atoms with van der Waals surface area (Å²) in [5.41, 5.74) is 0. The lowest BCUT2D eigenvalue weighted by Crippen LogP contribution is -2.47. The van der Waals surface area contributed by atoms with Crippen molar-refractivity contribution in [1.82, 2.24) is 15.2 Å². The van der Waals surface area contributed by atoms with Crippen LogP contribution in [0.25, 0.3) is 0 Å². The molecule has 1 unspecified atom stereocenters. The molecule has 1 aromatic heterocycles. The Balaban J connectivity index is 1.92. The van der Waals surface area contributed by atoms with Gasteiger partial charge in [-0.1, -0.05) is 0 Å². The second kappa shape index (κ2) is 6.21. The zero-order chi connectivity index (χ0) is 14.7. The number of carbonyl (C=O) groups is 2. The standard InChI is InChI=1S/C13H19N3O3S/c1-8-6-14-11(20-8)9(2)15-13(19)16-5-3-4-10(7-16)12(17)18/h6,9-10H,3-5,7H2,1-2H3,(H,15,19)(H,17,18)/t9?,10-/m1/s1. The van der Waals surface area contributed by atoms with Crippen LogP contribution in [0.3, 0.4) is 0 Å². The Hall–Kier alpha value is -1.63. The van der Waals surface area contributed by atoms with Crippen LogP contribution >= 0.6 is 11.3 Å². The number of rotatable bonds is 3. The number of carbonyl (C=O) groups excluding carboxylic acids is 1. The average molecular weight is 297 g/mol. The van der Waals surface area contributed by atoms with E-state index in [9.17, 15) is 9.59 Å². The van der Waals surface area contributed by atoms with E-state index in [-0.39, 0.29) is 18.6 Å². The topological polar surface area (TPSA) is 82.5 Å². The first-order chi connectivity index (χ1) is 9.47. The van der Waals surface area contributed by atoms with Crippen LogP contribution in [0.15, 0.2) is 6.20 Å². The van der Waals surface area contributed by atoms with E-state index in [1.807, 2.05) is 13.8 Å². The van der Waals surface area contributed by atoms with Crippen molar-refractivity contribution >= 4 is 23.3 Å². The first-order valence-electron chi connectivity index (χ1n) is 6.68. The highest BCUT2D eigenvalue weighted by atomic mass is 32.1. The smallest absolute Gasteiger partial charge is 0.317 e. The van der Waals surface area contributed by atoms with Crippen molar-refractivity contribution in [2.24, 2.45) is 5.92 Å². The van der Waals surface area contributed by atoms with E-state index in [1.165, 1.54) is 0 Å². The normalized spacial score (nSPS) is 20.5. The summed E-state index contributed by atoms with van der Waals surface area (Å²) in [7, 11) is 0. The van der Waals surface area contributed by atoms with Crippen LogP contribution in [-0.4, -0.2) is 40.1 Å². The molecule has 0 aromatic carbocycles. The van der Waals surface area contributed by atoms with Crippen LogP contribution in [0.2, 0.25) is 0 Å². The van der Waals surface area contributed by atoms with E-state index in [2.05, 4.69) is 10.3 Å². The summed E-state index contributed by atoms with van der Waals surface area (Å²) in [5, 5.41) is 12.8. The molecule has 7 heteroatoms. The molecule has 2 heterocycles. The lowest BCUT2D eigenvalue weighted by molar-refractivity contribution is -0.143. The summed E-state index contributed by atoms with van der Waals surface area (Å²) in [5.74, 6) is -1.28. The molecule has 0 spiro atoms. The van der Waals surface area contributed by atoms with Crippen LogP contribution in [0.5, 0.6) is 0 Å². The lowest BCUT2D eigenvalue weighted by Gasteiger charge is -2.31. The molecule has 110 valence electrons. The van der Waals surface area contributed by atoms with Crippen molar-refractivity contribution in [2.75, 3.05) is 13.1 Å².